The van der Waals surface area contributed by atoms with Crippen LogP contribution in [-0.4, -0.2) is 36.5 Å². The van der Waals surface area contributed by atoms with Gasteiger partial charge in [0, 0.05) is 12.2 Å². The number of hydrogen-bond donors (Lipinski definition) is 2. The fourth-order valence-electron chi connectivity index (χ4n) is 2.43. The van der Waals surface area contributed by atoms with Crippen LogP contribution < -0.4 is 24.8 Å². The van der Waals surface area contributed by atoms with E-state index in [9.17, 15) is 0 Å². The van der Waals surface area contributed by atoms with Crippen molar-refractivity contribution in [1.82, 2.24) is 15.2 Å². The first-order chi connectivity index (χ1) is 13.2. The molecule has 1 aromatic heterocycles. The van der Waals surface area contributed by atoms with Crippen LogP contribution in [0.2, 0.25) is 0 Å². The molecule has 27 heavy (non-hydrogen) atoms. The first kappa shape index (κ1) is 18.2. The maximum absolute atomic E-state index is 5.32. The molecule has 0 aliphatic heterocycles. The Balaban J connectivity index is 1.65. The summed E-state index contributed by atoms with van der Waals surface area (Å²) in [5.41, 5.74) is 1.87. The van der Waals surface area contributed by atoms with Gasteiger partial charge in [-0.2, -0.15) is 10.1 Å². The van der Waals surface area contributed by atoms with Gasteiger partial charge in [0.2, 0.25) is 5.95 Å². The van der Waals surface area contributed by atoms with E-state index in [2.05, 4.69) is 25.8 Å². The summed E-state index contributed by atoms with van der Waals surface area (Å²) in [7, 11) is 4.85. The average molecular weight is 367 g/mol. The Hall–Kier alpha value is -3.55. The third-order valence-electron chi connectivity index (χ3n) is 3.83. The topological polar surface area (TPSA) is 90.4 Å². The number of anilines is 3. The van der Waals surface area contributed by atoms with Gasteiger partial charge in [0.25, 0.3) is 0 Å². The van der Waals surface area contributed by atoms with Gasteiger partial charge in [-0.25, -0.2) is 0 Å². The number of aromatic nitrogens is 3. The molecule has 0 aliphatic carbocycles. The summed E-state index contributed by atoms with van der Waals surface area (Å²) in [5, 5.41) is 14.3. The molecular weight excluding hydrogens is 346 g/mol. The third kappa shape index (κ3) is 4.75. The summed E-state index contributed by atoms with van der Waals surface area (Å²) in [6, 6.07) is 13.2. The van der Waals surface area contributed by atoms with E-state index in [4.69, 9.17) is 14.2 Å². The number of methoxy groups -OCH3 is 3. The fourth-order valence-corrected chi connectivity index (χ4v) is 2.43. The second-order valence-corrected chi connectivity index (χ2v) is 5.56. The highest BCUT2D eigenvalue weighted by Gasteiger charge is 2.06. The molecule has 0 amide bonds. The molecule has 3 rings (SSSR count). The van der Waals surface area contributed by atoms with Crippen LogP contribution in [0.25, 0.3) is 0 Å². The third-order valence-corrected chi connectivity index (χ3v) is 3.83. The summed E-state index contributed by atoms with van der Waals surface area (Å²) in [6.07, 6.45) is 1.57. The summed E-state index contributed by atoms with van der Waals surface area (Å²) < 4.78 is 15.7. The molecule has 8 nitrogen and oxygen atoms in total. The van der Waals surface area contributed by atoms with Gasteiger partial charge in [0.15, 0.2) is 17.3 Å². The van der Waals surface area contributed by atoms with Crippen LogP contribution in [0.1, 0.15) is 5.56 Å². The lowest BCUT2D eigenvalue weighted by Crippen LogP contribution is -2.06. The quantitative estimate of drug-likeness (QED) is 0.627. The fraction of sp³-hybridized carbons (Fsp3) is 0.211. The van der Waals surface area contributed by atoms with E-state index in [0.29, 0.717) is 29.8 Å². The summed E-state index contributed by atoms with van der Waals surface area (Å²) >= 11 is 0. The predicted octanol–water partition coefficient (Wildman–Crippen LogP) is 3.25. The van der Waals surface area contributed by atoms with Gasteiger partial charge in [-0.15, -0.1) is 5.10 Å². The van der Waals surface area contributed by atoms with Crippen LogP contribution >= 0.6 is 0 Å². The molecular formula is C19H21N5O3. The van der Waals surface area contributed by atoms with Crippen molar-refractivity contribution in [3.8, 4) is 17.2 Å². The van der Waals surface area contributed by atoms with Gasteiger partial charge < -0.3 is 24.8 Å². The van der Waals surface area contributed by atoms with E-state index in [0.717, 1.165) is 17.0 Å². The van der Waals surface area contributed by atoms with E-state index in [-0.39, 0.29) is 0 Å². The maximum Gasteiger partial charge on any atom is 0.249 e. The predicted molar refractivity (Wildman–Crippen MR) is 103 cm³/mol. The number of rotatable bonds is 8. The minimum Gasteiger partial charge on any atom is -0.497 e. The number of nitrogens with zero attached hydrogens (tertiary/aromatic N) is 3. The number of hydrogen-bond acceptors (Lipinski definition) is 8. The van der Waals surface area contributed by atoms with Gasteiger partial charge >= 0.3 is 0 Å². The lowest BCUT2D eigenvalue weighted by atomic mass is 10.2. The lowest BCUT2D eigenvalue weighted by Gasteiger charge is -2.11. The van der Waals surface area contributed by atoms with Crippen LogP contribution in [-0.2, 0) is 6.54 Å². The van der Waals surface area contributed by atoms with E-state index in [1.165, 1.54) is 0 Å². The largest absolute Gasteiger partial charge is 0.497 e. The second kappa shape index (κ2) is 8.70. The van der Waals surface area contributed by atoms with Gasteiger partial charge in [0.05, 0.1) is 27.5 Å². The standard InChI is InChI=1S/C19H21N5O3/c1-25-15-7-5-14(6-8-15)22-19-23-18(12-21-24-19)20-11-13-4-9-16(26-2)17(10-13)27-3/h4-10,12H,11H2,1-3H3,(H2,20,22,23,24). The molecule has 140 valence electrons. The number of benzene rings is 2. The molecule has 0 saturated heterocycles. The van der Waals surface area contributed by atoms with Crippen LogP contribution in [0.15, 0.2) is 48.7 Å². The molecule has 1 heterocycles. The Kier molecular flexibility index (Phi) is 5.88. The molecule has 0 unspecified atom stereocenters. The van der Waals surface area contributed by atoms with E-state index >= 15 is 0 Å². The number of nitrogens with one attached hydrogen (secondary N) is 2. The van der Waals surface area contributed by atoms with E-state index in [1.807, 2.05) is 42.5 Å². The summed E-state index contributed by atoms with van der Waals surface area (Å²) in [6.45, 7) is 0.557. The van der Waals surface area contributed by atoms with Crippen molar-refractivity contribution >= 4 is 17.5 Å². The molecule has 2 aromatic carbocycles. The molecule has 0 atom stereocenters. The highest BCUT2D eigenvalue weighted by Crippen LogP contribution is 2.27. The Morgan fingerprint density at radius 2 is 1.67 bits per heavy atom. The zero-order chi connectivity index (χ0) is 19.1. The Labute approximate surface area is 157 Å². The van der Waals surface area contributed by atoms with Crippen LogP contribution in [0, 0.1) is 0 Å². The highest BCUT2D eigenvalue weighted by atomic mass is 16.5. The first-order valence-corrected chi connectivity index (χ1v) is 8.27. The van der Waals surface area contributed by atoms with Crippen molar-refractivity contribution in [2.24, 2.45) is 0 Å². The molecule has 0 bridgehead atoms. The van der Waals surface area contributed by atoms with E-state index < -0.39 is 0 Å². The number of ether oxygens (including phenoxy) is 3. The minimum absolute atomic E-state index is 0.400. The van der Waals surface area contributed by atoms with Crippen molar-refractivity contribution in [2.45, 2.75) is 6.54 Å². The first-order valence-electron chi connectivity index (χ1n) is 8.27. The molecule has 0 radical (unpaired) electrons. The summed E-state index contributed by atoms with van der Waals surface area (Å²) in [4.78, 5) is 4.42. The zero-order valence-electron chi connectivity index (χ0n) is 15.4. The van der Waals surface area contributed by atoms with Crippen molar-refractivity contribution in [2.75, 3.05) is 32.0 Å². The zero-order valence-corrected chi connectivity index (χ0v) is 15.4. The molecule has 0 fully saturated rings. The summed E-state index contributed by atoms with van der Waals surface area (Å²) in [5.74, 6) is 3.16. The molecule has 0 aliphatic rings. The monoisotopic (exact) mass is 367 g/mol. The normalized spacial score (nSPS) is 10.2. The van der Waals surface area contributed by atoms with Crippen LogP contribution in [0.3, 0.4) is 0 Å². The molecule has 8 heteroatoms. The van der Waals surface area contributed by atoms with Crippen molar-refractivity contribution in [3.05, 3.63) is 54.2 Å². The molecule has 2 N–H and O–H groups in total. The van der Waals surface area contributed by atoms with Gasteiger partial charge in [-0.05, 0) is 42.0 Å². The van der Waals surface area contributed by atoms with Crippen molar-refractivity contribution in [3.63, 3.8) is 0 Å². The van der Waals surface area contributed by atoms with Gasteiger partial charge in [-0.1, -0.05) is 6.07 Å². The average Bonchev–Trinajstić information content (AvgIpc) is 2.73. The lowest BCUT2D eigenvalue weighted by molar-refractivity contribution is 0.354. The smallest absolute Gasteiger partial charge is 0.249 e. The minimum atomic E-state index is 0.400. The Morgan fingerprint density at radius 1 is 0.889 bits per heavy atom. The Morgan fingerprint density at radius 3 is 2.37 bits per heavy atom. The maximum atomic E-state index is 5.32. The van der Waals surface area contributed by atoms with Crippen LogP contribution in [0.5, 0.6) is 17.2 Å². The van der Waals surface area contributed by atoms with Crippen LogP contribution in [0.4, 0.5) is 17.5 Å². The van der Waals surface area contributed by atoms with Crippen molar-refractivity contribution in [1.29, 1.82) is 0 Å². The van der Waals surface area contributed by atoms with Crippen molar-refractivity contribution < 1.29 is 14.2 Å². The Bertz CT molecular complexity index is 887. The second-order valence-electron chi connectivity index (χ2n) is 5.56. The van der Waals surface area contributed by atoms with Gasteiger partial charge in [-0.3, -0.25) is 0 Å². The molecule has 0 spiro atoms. The molecule has 3 aromatic rings. The highest BCUT2D eigenvalue weighted by molar-refractivity contribution is 5.55. The SMILES string of the molecule is COc1ccc(Nc2nncc(NCc3ccc(OC)c(OC)c3)n2)cc1. The molecule has 0 saturated carbocycles. The van der Waals surface area contributed by atoms with Gasteiger partial charge in [0.1, 0.15) is 5.75 Å². The van der Waals surface area contributed by atoms with E-state index in [1.54, 1.807) is 27.5 Å².